The Kier molecular flexibility index (Phi) is 6.01. The molecule has 1 aliphatic carbocycles. The largest absolute Gasteiger partial charge is 0.412 e. The van der Waals surface area contributed by atoms with E-state index in [0.29, 0.717) is 11.4 Å². The van der Waals surface area contributed by atoms with Gasteiger partial charge < -0.3 is 15.4 Å². The molecular weight excluding hydrogens is 280 g/mol. The van der Waals surface area contributed by atoms with Crippen LogP contribution in [0.3, 0.4) is 0 Å². The van der Waals surface area contributed by atoms with E-state index in [1.807, 2.05) is 0 Å². The molecule has 2 rings (SSSR count). The van der Waals surface area contributed by atoms with Crippen LogP contribution in [-0.2, 0) is 4.79 Å². The van der Waals surface area contributed by atoms with Crippen LogP contribution in [0.4, 0.5) is 10.5 Å². The van der Waals surface area contributed by atoms with E-state index >= 15 is 0 Å². The predicted molar refractivity (Wildman–Crippen MR) is 85.9 cm³/mol. The van der Waals surface area contributed by atoms with E-state index in [-0.39, 0.29) is 11.9 Å². The van der Waals surface area contributed by atoms with Crippen molar-refractivity contribution >= 4 is 17.7 Å². The second kappa shape index (κ2) is 8.22. The Morgan fingerprint density at radius 3 is 2.73 bits per heavy atom. The summed E-state index contributed by atoms with van der Waals surface area (Å²) in [5.74, 6) is 0.192. The summed E-state index contributed by atoms with van der Waals surface area (Å²) in [6.45, 7) is 1.77. The molecule has 0 saturated heterocycles. The summed E-state index contributed by atoms with van der Waals surface area (Å²) in [7, 11) is 0. The van der Waals surface area contributed by atoms with E-state index in [9.17, 15) is 9.59 Å². The van der Waals surface area contributed by atoms with Gasteiger partial charge in [0.1, 0.15) is 5.75 Å². The van der Waals surface area contributed by atoms with Crippen LogP contribution >= 0.6 is 0 Å². The van der Waals surface area contributed by atoms with Gasteiger partial charge in [-0.25, -0.2) is 4.79 Å². The van der Waals surface area contributed by atoms with Crippen molar-refractivity contribution in [3.05, 3.63) is 36.4 Å². The van der Waals surface area contributed by atoms with Crippen molar-refractivity contribution in [2.45, 2.75) is 45.1 Å². The molecule has 5 nitrogen and oxygen atoms in total. The van der Waals surface area contributed by atoms with Gasteiger partial charge in [0.25, 0.3) is 0 Å². The van der Waals surface area contributed by atoms with Crippen LogP contribution in [0.2, 0.25) is 0 Å². The van der Waals surface area contributed by atoms with E-state index in [1.165, 1.54) is 12.5 Å². The molecule has 22 heavy (non-hydrogen) atoms. The Labute approximate surface area is 130 Å². The summed E-state index contributed by atoms with van der Waals surface area (Å²) in [6.07, 6.45) is 8.21. The quantitative estimate of drug-likeness (QED) is 0.835. The minimum atomic E-state index is -0.441. The summed E-state index contributed by atoms with van der Waals surface area (Å²) in [6, 6.07) is 6.99. The van der Waals surface area contributed by atoms with Gasteiger partial charge in [0, 0.05) is 17.8 Å². The maximum atomic E-state index is 11.9. The topological polar surface area (TPSA) is 67.4 Å². The van der Waals surface area contributed by atoms with Gasteiger partial charge in [0.2, 0.25) is 5.91 Å². The third-order valence-electron chi connectivity index (χ3n) is 3.56. The first-order valence-corrected chi connectivity index (χ1v) is 7.69. The first kappa shape index (κ1) is 16.1. The molecular formula is C17H22N2O3. The Morgan fingerprint density at radius 1 is 1.23 bits per heavy atom. The average molecular weight is 302 g/mol. The van der Waals surface area contributed by atoms with Crippen molar-refractivity contribution in [1.82, 2.24) is 5.32 Å². The van der Waals surface area contributed by atoms with Crippen LogP contribution in [0.5, 0.6) is 5.75 Å². The molecule has 1 saturated carbocycles. The molecule has 0 aliphatic heterocycles. The summed E-state index contributed by atoms with van der Waals surface area (Å²) < 4.78 is 5.28. The number of benzene rings is 1. The molecule has 0 unspecified atom stereocenters. The van der Waals surface area contributed by atoms with Gasteiger partial charge in [-0.15, -0.1) is 0 Å². The first-order valence-electron chi connectivity index (χ1n) is 7.69. The van der Waals surface area contributed by atoms with Gasteiger partial charge in [-0.3, -0.25) is 4.79 Å². The number of carbonyl (C=O) groups is 2. The molecule has 1 aliphatic rings. The summed E-state index contributed by atoms with van der Waals surface area (Å²) >= 11 is 0. The first-order chi connectivity index (χ1) is 10.7. The fourth-order valence-electron chi connectivity index (χ4n) is 2.52. The minimum Gasteiger partial charge on any atom is -0.410 e. The molecule has 1 aromatic carbocycles. The molecule has 0 atom stereocenters. The second-order valence-corrected chi connectivity index (χ2v) is 5.39. The van der Waals surface area contributed by atoms with Gasteiger partial charge in [-0.1, -0.05) is 31.4 Å². The molecule has 2 N–H and O–H groups in total. The van der Waals surface area contributed by atoms with Crippen molar-refractivity contribution in [2.75, 3.05) is 5.32 Å². The molecule has 0 spiro atoms. The number of allylic oxidation sites excluding steroid dienone is 1. The van der Waals surface area contributed by atoms with Crippen LogP contribution in [0, 0.1) is 0 Å². The lowest BCUT2D eigenvalue weighted by molar-refractivity contribution is -0.111. The maximum absolute atomic E-state index is 11.9. The van der Waals surface area contributed by atoms with Gasteiger partial charge in [0.05, 0.1) is 0 Å². The van der Waals surface area contributed by atoms with Crippen LogP contribution in [0.1, 0.15) is 39.0 Å². The molecule has 0 heterocycles. The molecule has 5 heteroatoms. The third kappa shape index (κ3) is 5.24. The zero-order valence-corrected chi connectivity index (χ0v) is 12.8. The van der Waals surface area contributed by atoms with E-state index in [2.05, 4.69) is 10.6 Å². The third-order valence-corrected chi connectivity index (χ3v) is 3.56. The zero-order valence-electron chi connectivity index (χ0n) is 12.8. The van der Waals surface area contributed by atoms with Crippen molar-refractivity contribution in [3.63, 3.8) is 0 Å². The summed E-state index contributed by atoms with van der Waals surface area (Å²) in [4.78, 5) is 23.4. The van der Waals surface area contributed by atoms with Crippen molar-refractivity contribution in [3.8, 4) is 5.75 Å². The Morgan fingerprint density at radius 2 is 2.00 bits per heavy atom. The zero-order chi connectivity index (χ0) is 15.8. The lowest BCUT2D eigenvalue weighted by Crippen LogP contribution is -2.38. The predicted octanol–water partition coefficient (Wildman–Crippen LogP) is 3.62. The molecule has 0 aromatic heterocycles. The number of ether oxygens (including phenoxy) is 1. The van der Waals surface area contributed by atoms with Gasteiger partial charge >= 0.3 is 6.09 Å². The number of rotatable bonds is 4. The molecule has 2 amide bonds. The minimum absolute atomic E-state index is 0.207. The molecule has 0 radical (unpaired) electrons. The summed E-state index contributed by atoms with van der Waals surface area (Å²) in [5.41, 5.74) is 0.589. The van der Waals surface area contributed by atoms with Crippen molar-refractivity contribution < 1.29 is 14.3 Å². The monoisotopic (exact) mass is 302 g/mol. The van der Waals surface area contributed by atoms with E-state index < -0.39 is 6.09 Å². The van der Waals surface area contributed by atoms with Crippen molar-refractivity contribution in [1.29, 1.82) is 0 Å². The lowest BCUT2D eigenvalue weighted by atomic mass is 9.96. The van der Waals surface area contributed by atoms with Crippen molar-refractivity contribution in [2.24, 2.45) is 0 Å². The standard InChI is InChI=1S/C17H22N2O3/c1-2-7-16(20)18-14-10-6-11-15(12-14)22-17(21)19-13-8-4-3-5-9-13/h2,6-7,10-13H,3-5,8-9H2,1H3,(H,18,20)(H,19,21)/b7-2+. The number of amides is 2. The maximum Gasteiger partial charge on any atom is 0.412 e. The van der Waals surface area contributed by atoms with Crippen LogP contribution in [-0.4, -0.2) is 18.0 Å². The molecule has 1 fully saturated rings. The number of hydrogen-bond acceptors (Lipinski definition) is 3. The highest BCUT2D eigenvalue weighted by Crippen LogP contribution is 2.19. The normalized spacial score (nSPS) is 15.5. The van der Waals surface area contributed by atoms with Crippen LogP contribution in [0.15, 0.2) is 36.4 Å². The number of anilines is 1. The fourth-order valence-corrected chi connectivity index (χ4v) is 2.52. The lowest BCUT2D eigenvalue weighted by Gasteiger charge is -2.22. The van der Waals surface area contributed by atoms with E-state index in [1.54, 1.807) is 37.3 Å². The Balaban J connectivity index is 1.88. The van der Waals surface area contributed by atoms with Gasteiger partial charge in [0.15, 0.2) is 0 Å². The number of nitrogens with one attached hydrogen (secondary N) is 2. The Hall–Kier alpha value is -2.30. The highest BCUT2D eigenvalue weighted by atomic mass is 16.6. The number of carbonyl (C=O) groups excluding carboxylic acids is 2. The van der Waals surface area contributed by atoms with Gasteiger partial charge in [-0.05, 0) is 38.0 Å². The van der Waals surface area contributed by atoms with Crippen LogP contribution in [0.25, 0.3) is 0 Å². The highest BCUT2D eigenvalue weighted by Gasteiger charge is 2.16. The molecule has 118 valence electrons. The van der Waals surface area contributed by atoms with E-state index in [0.717, 1.165) is 25.7 Å². The van der Waals surface area contributed by atoms with E-state index in [4.69, 9.17) is 4.74 Å². The second-order valence-electron chi connectivity index (χ2n) is 5.39. The highest BCUT2D eigenvalue weighted by molar-refractivity contribution is 5.99. The smallest absolute Gasteiger partial charge is 0.410 e. The fraction of sp³-hybridized carbons (Fsp3) is 0.412. The molecule has 0 bridgehead atoms. The SMILES string of the molecule is C/C=C/C(=O)Nc1cccc(OC(=O)NC2CCCCC2)c1. The van der Waals surface area contributed by atoms with Gasteiger partial charge in [-0.2, -0.15) is 0 Å². The summed E-state index contributed by atoms with van der Waals surface area (Å²) in [5, 5.41) is 5.59. The average Bonchev–Trinajstić information content (AvgIpc) is 2.48. The Bertz CT molecular complexity index is 549. The molecule has 1 aromatic rings. The number of hydrogen-bond donors (Lipinski definition) is 2. The van der Waals surface area contributed by atoms with Crippen LogP contribution < -0.4 is 15.4 Å².